The molecule has 2 N–H and O–H groups in total. The molecule has 15 heavy (non-hydrogen) atoms. The molecule has 1 aliphatic rings. The van der Waals surface area contributed by atoms with Gasteiger partial charge >= 0.3 is 0 Å². The van der Waals surface area contributed by atoms with Crippen LogP contribution in [0.5, 0.6) is 0 Å². The molecule has 1 fully saturated rings. The van der Waals surface area contributed by atoms with Gasteiger partial charge in [0.25, 0.3) is 0 Å². The van der Waals surface area contributed by atoms with E-state index in [-0.39, 0.29) is 5.91 Å². The summed E-state index contributed by atoms with van der Waals surface area (Å²) in [5.74, 6) is 1.35. The number of nitrogens with two attached hydrogens (primary N) is 1. The average molecular weight is 212 g/mol. The largest absolute Gasteiger partial charge is 0.368 e. The van der Waals surface area contributed by atoms with Crippen molar-refractivity contribution in [3.63, 3.8) is 0 Å². The van der Waals surface area contributed by atoms with Crippen molar-refractivity contribution in [1.82, 2.24) is 4.90 Å². The summed E-state index contributed by atoms with van der Waals surface area (Å²) in [6, 6.07) is 0. The molecule has 0 aromatic rings. The molecule has 1 aliphatic heterocycles. The standard InChI is InChI=1S/C12H24N2O/c1-9(2)10-5-7-14(8-6-10)12(3,4)11(13)15/h9-10H,5-8H2,1-4H3,(H2,13,15). The SMILES string of the molecule is CC(C)C1CCN(C(C)(C)C(N)=O)CC1. The zero-order valence-corrected chi connectivity index (χ0v) is 10.4. The summed E-state index contributed by atoms with van der Waals surface area (Å²) < 4.78 is 0. The van der Waals surface area contributed by atoms with Crippen molar-refractivity contribution >= 4 is 5.91 Å². The van der Waals surface area contributed by atoms with Gasteiger partial charge in [0.1, 0.15) is 0 Å². The Balaban J connectivity index is 2.54. The van der Waals surface area contributed by atoms with Crippen molar-refractivity contribution in [3.05, 3.63) is 0 Å². The maximum Gasteiger partial charge on any atom is 0.237 e. The minimum absolute atomic E-state index is 0.217. The number of likely N-dealkylation sites (tertiary alicyclic amines) is 1. The second-order valence-corrected chi connectivity index (χ2v) is 5.49. The van der Waals surface area contributed by atoms with Gasteiger partial charge in [-0.2, -0.15) is 0 Å². The van der Waals surface area contributed by atoms with Gasteiger partial charge in [0.2, 0.25) is 5.91 Å². The van der Waals surface area contributed by atoms with Crippen LogP contribution in [0.1, 0.15) is 40.5 Å². The highest BCUT2D eigenvalue weighted by atomic mass is 16.1. The predicted octanol–water partition coefficient (Wildman–Crippen LogP) is 1.62. The number of nitrogens with zero attached hydrogens (tertiary/aromatic N) is 1. The Bertz CT molecular complexity index is 228. The second-order valence-electron chi connectivity index (χ2n) is 5.49. The molecule has 0 saturated carbocycles. The zero-order chi connectivity index (χ0) is 11.6. The summed E-state index contributed by atoms with van der Waals surface area (Å²) >= 11 is 0. The summed E-state index contributed by atoms with van der Waals surface area (Å²) in [5, 5.41) is 0. The Labute approximate surface area is 93.0 Å². The van der Waals surface area contributed by atoms with E-state index in [1.165, 1.54) is 12.8 Å². The normalized spacial score (nSPS) is 20.9. The minimum atomic E-state index is -0.484. The van der Waals surface area contributed by atoms with Crippen LogP contribution in [-0.2, 0) is 4.79 Å². The third-order valence-corrected chi connectivity index (χ3v) is 3.88. The number of amides is 1. The number of primary amides is 1. The van der Waals surface area contributed by atoms with Gasteiger partial charge in [0.15, 0.2) is 0 Å². The van der Waals surface area contributed by atoms with Crippen LogP contribution in [0.4, 0.5) is 0 Å². The number of carbonyl (C=O) groups excluding carboxylic acids is 1. The Kier molecular flexibility index (Phi) is 3.77. The molecule has 0 spiro atoms. The lowest BCUT2D eigenvalue weighted by atomic mass is 9.85. The summed E-state index contributed by atoms with van der Waals surface area (Å²) in [6.45, 7) is 10.4. The molecule has 0 bridgehead atoms. The van der Waals surface area contributed by atoms with Crippen molar-refractivity contribution in [1.29, 1.82) is 0 Å². The molecule has 3 heteroatoms. The van der Waals surface area contributed by atoms with Gasteiger partial charge in [-0.3, -0.25) is 9.69 Å². The first-order valence-corrected chi connectivity index (χ1v) is 5.90. The fraction of sp³-hybridized carbons (Fsp3) is 0.917. The van der Waals surface area contributed by atoms with E-state index in [1.807, 2.05) is 13.8 Å². The number of piperidine rings is 1. The van der Waals surface area contributed by atoms with Crippen molar-refractivity contribution in [2.24, 2.45) is 17.6 Å². The van der Waals surface area contributed by atoms with Gasteiger partial charge in [0, 0.05) is 0 Å². The summed E-state index contributed by atoms with van der Waals surface area (Å²) in [6.07, 6.45) is 2.38. The molecule has 3 nitrogen and oxygen atoms in total. The molecule has 0 atom stereocenters. The lowest BCUT2D eigenvalue weighted by molar-refractivity contribution is -0.129. The quantitative estimate of drug-likeness (QED) is 0.772. The molecule has 0 radical (unpaired) electrons. The Morgan fingerprint density at radius 3 is 2.13 bits per heavy atom. The van der Waals surface area contributed by atoms with Crippen LogP contribution >= 0.6 is 0 Å². The van der Waals surface area contributed by atoms with E-state index in [0.29, 0.717) is 0 Å². The molecule has 1 saturated heterocycles. The van der Waals surface area contributed by atoms with Crippen LogP contribution in [0.3, 0.4) is 0 Å². The number of hydrogen-bond acceptors (Lipinski definition) is 2. The molecule has 1 amide bonds. The Morgan fingerprint density at radius 1 is 1.33 bits per heavy atom. The van der Waals surface area contributed by atoms with Gasteiger partial charge in [-0.25, -0.2) is 0 Å². The fourth-order valence-corrected chi connectivity index (χ4v) is 2.28. The lowest BCUT2D eigenvalue weighted by Crippen LogP contribution is -2.55. The highest BCUT2D eigenvalue weighted by Crippen LogP contribution is 2.28. The summed E-state index contributed by atoms with van der Waals surface area (Å²) in [4.78, 5) is 13.5. The summed E-state index contributed by atoms with van der Waals surface area (Å²) in [7, 11) is 0. The van der Waals surface area contributed by atoms with Crippen LogP contribution in [0, 0.1) is 11.8 Å². The Hall–Kier alpha value is -0.570. The van der Waals surface area contributed by atoms with Gasteiger partial charge in [0.05, 0.1) is 5.54 Å². The van der Waals surface area contributed by atoms with E-state index in [1.54, 1.807) is 0 Å². The molecule has 0 unspecified atom stereocenters. The van der Waals surface area contributed by atoms with Gasteiger partial charge < -0.3 is 5.73 Å². The highest BCUT2D eigenvalue weighted by molar-refractivity contribution is 5.83. The number of hydrogen-bond donors (Lipinski definition) is 1. The van der Waals surface area contributed by atoms with E-state index in [0.717, 1.165) is 24.9 Å². The van der Waals surface area contributed by atoms with E-state index in [9.17, 15) is 4.79 Å². The van der Waals surface area contributed by atoms with Crippen LogP contribution in [-0.4, -0.2) is 29.4 Å². The van der Waals surface area contributed by atoms with Gasteiger partial charge in [-0.1, -0.05) is 13.8 Å². The highest BCUT2D eigenvalue weighted by Gasteiger charge is 2.35. The van der Waals surface area contributed by atoms with Crippen molar-refractivity contribution in [2.45, 2.75) is 46.1 Å². The van der Waals surface area contributed by atoms with Crippen LogP contribution in [0.2, 0.25) is 0 Å². The first-order valence-electron chi connectivity index (χ1n) is 5.90. The monoisotopic (exact) mass is 212 g/mol. The maximum absolute atomic E-state index is 11.3. The topological polar surface area (TPSA) is 46.3 Å². The first-order chi connectivity index (χ1) is 6.85. The van der Waals surface area contributed by atoms with E-state index >= 15 is 0 Å². The molecule has 0 aromatic heterocycles. The van der Waals surface area contributed by atoms with Crippen LogP contribution in [0.25, 0.3) is 0 Å². The third-order valence-electron chi connectivity index (χ3n) is 3.88. The molecular weight excluding hydrogens is 188 g/mol. The number of carbonyl (C=O) groups is 1. The van der Waals surface area contributed by atoms with E-state index < -0.39 is 5.54 Å². The maximum atomic E-state index is 11.3. The summed E-state index contributed by atoms with van der Waals surface area (Å²) in [5.41, 5.74) is 4.93. The lowest BCUT2D eigenvalue weighted by Gasteiger charge is -2.41. The van der Waals surface area contributed by atoms with Crippen molar-refractivity contribution in [2.75, 3.05) is 13.1 Å². The van der Waals surface area contributed by atoms with E-state index in [4.69, 9.17) is 5.73 Å². The molecule has 88 valence electrons. The van der Waals surface area contributed by atoms with Crippen LogP contribution < -0.4 is 5.73 Å². The Morgan fingerprint density at radius 2 is 1.80 bits per heavy atom. The van der Waals surface area contributed by atoms with Crippen molar-refractivity contribution in [3.8, 4) is 0 Å². The first kappa shape index (κ1) is 12.5. The fourth-order valence-electron chi connectivity index (χ4n) is 2.28. The molecule has 0 aromatic carbocycles. The van der Waals surface area contributed by atoms with Gasteiger partial charge in [-0.05, 0) is 51.6 Å². The minimum Gasteiger partial charge on any atom is -0.368 e. The predicted molar refractivity (Wildman–Crippen MR) is 62.4 cm³/mol. The average Bonchev–Trinajstić information content (AvgIpc) is 2.17. The van der Waals surface area contributed by atoms with Crippen molar-refractivity contribution < 1.29 is 4.79 Å². The second kappa shape index (κ2) is 4.52. The number of rotatable bonds is 3. The molecule has 1 heterocycles. The van der Waals surface area contributed by atoms with E-state index in [2.05, 4.69) is 18.7 Å². The zero-order valence-electron chi connectivity index (χ0n) is 10.4. The third kappa shape index (κ3) is 2.71. The molecular formula is C12H24N2O. The van der Waals surface area contributed by atoms with Crippen LogP contribution in [0.15, 0.2) is 0 Å². The van der Waals surface area contributed by atoms with Gasteiger partial charge in [-0.15, -0.1) is 0 Å². The molecule has 1 rings (SSSR count). The smallest absolute Gasteiger partial charge is 0.237 e. The molecule has 0 aliphatic carbocycles.